The van der Waals surface area contributed by atoms with Crippen LogP contribution in [0.4, 0.5) is 0 Å². The molecular formula is C23H30N2O5. The molecule has 1 N–H and O–H groups in total. The highest BCUT2D eigenvalue weighted by atomic mass is 16.5. The zero-order chi connectivity index (χ0) is 20.8. The quantitative estimate of drug-likeness (QED) is 0.670. The molecule has 0 atom stereocenters. The molecule has 0 radical (unpaired) electrons. The molecule has 2 fully saturated rings. The summed E-state index contributed by atoms with van der Waals surface area (Å²) in [6.07, 6.45) is 5.16. The SMILES string of the molecule is C=CCOc1cc(C(=O)NCC2(CN3CCOCC3)CCOCC2)cc2occc12. The van der Waals surface area contributed by atoms with Crippen molar-refractivity contribution in [3.05, 3.63) is 42.7 Å². The Morgan fingerprint density at radius 3 is 2.73 bits per heavy atom. The van der Waals surface area contributed by atoms with Crippen molar-refractivity contribution in [3.8, 4) is 5.75 Å². The van der Waals surface area contributed by atoms with E-state index in [0.29, 0.717) is 30.0 Å². The minimum Gasteiger partial charge on any atom is -0.489 e. The highest BCUT2D eigenvalue weighted by molar-refractivity contribution is 5.99. The summed E-state index contributed by atoms with van der Waals surface area (Å²) < 4.78 is 22.4. The number of amides is 1. The van der Waals surface area contributed by atoms with Crippen LogP contribution in [0.5, 0.6) is 5.75 Å². The fraction of sp³-hybridized carbons (Fsp3) is 0.522. The van der Waals surface area contributed by atoms with E-state index in [0.717, 1.165) is 64.3 Å². The van der Waals surface area contributed by atoms with E-state index in [-0.39, 0.29) is 11.3 Å². The number of ether oxygens (including phenoxy) is 3. The van der Waals surface area contributed by atoms with E-state index in [2.05, 4.69) is 16.8 Å². The minimum atomic E-state index is -0.121. The van der Waals surface area contributed by atoms with Crippen LogP contribution in [0.3, 0.4) is 0 Å². The summed E-state index contributed by atoms with van der Waals surface area (Å²) in [5.41, 5.74) is 1.18. The van der Waals surface area contributed by atoms with E-state index in [1.165, 1.54) is 0 Å². The summed E-state index contributed by atoms with van der Waals surface area (Å²) >= 11 is 0. The first kappa shape index (κ1) is 20.9. The van der Waals surface area contributed by atoms with Crippen LogP contribution < -0.4 is 10.1 Å². The van der Waals surface area contributed by atoms with Crippen molar-refractivity contribution in [1.29, 1.82) is 0 Å². The van der Waals surface area contributed by atoms with Gasteiger partial charge in [0.25, 0.3) is 5.91 Å². The van der Waals surface area contributed by atoms with Gasteiger partial charge in [-0.2, -0.15) is 0 Å². The molecule has 0 aliphatic carbocycles. The van der Waals surface area contributed by atoms with Crippen molar-refractivity contribution >= 4 is 16.9 Å². The number of carbonyl (C=O) groups is 1. The van der Waals surface area contributed by atoms with Crippen molar-refractivity contribution in [2.75, 3.05) is 59.2 Å². The number of carbonyl (C=O) groups excluding carboxylic acids is 1. The third kappa shape index (κ3) is 4.86. The van der Waals surface area contributed by atoms with Crippen LogP contribution in [0, 0.1) is 5.41 Å². The zero-order valence-electron chi connectivity index (χ0n) is 17.4. The second kappa shape index (κ2) is 9.64. The first-order valence-corrected chi connectivity index (χ1v) is 10.6. The van der Waals surface area contributed by atoms with Gasteiger partial charge in [0.15, 0.2) is 0 Å². The molecule has 1 aromatic carbocycles. The number of morpholine rings is 1. The third-order valence-corrected chi connectivity index (χ3v) is 5.99. The van der Waals surface area contributed by atoms with Crippen LogP contribution >= 0.6 is 0 Å². The topological polar surface area (TPSA) is 73.2 Å². The summed E-state index contributed by atoms with van der Waals surface area (Å²) in [7, 11) is 0. The second-order valence-corrected chi connectivity index (χ2v) is 8.09. The number of nitrogens with one attached hydrogen (secondary N) is 1. The second-order valence-electron chi connectivity index (χ2n) is 8.09. The Hall–Kier alpha value is -2.35. The summed E-state index contributed by atoms with van der Waals surface area (Å²) in [6.45, 7) is 10.5. The van der Waals surface area contributed by atoms with Gasteiger partial charge in [-0.15, -0.1) is 0 Å². The number of hydrogen-bond acceptors (Lipinski definition) is 6. The molecule has 162 valence electrons. The van der Waals surface area contributed by atoms with Gasteiger partial charge in [-0.3, -0.25) is 9.69 Å². The number of hydrogen-bond donors (Lipinski definition) is 1. The maximum atomic E-state index is 13.0. The van der Waals surface area contributed by atoms with Crippen molar-refractivity contribution in [2.45, 2.75) is 12.8 Å². The lowest BCUT2D eigenvalue weighted by Gasteiger charge is -2.42. The Kier molecular flexibility index (Phi) is 6.72. The van der Waals surface area contributed by atoms with Gasteiger partial charge < -0.3 is 23.9 Å². The predicted octanol–water partition coefficient (Wildman–Crippen LogP) is 2.86. The van der Waals surface area contributed by atoms with E-state index in [9.17, 15) is 4.79 Å². The first-order chi connectivity index (χ1) is 14.7. The van der Waals surface area contributed by atoms with Crippen LogP contribution in [0.1, 0.15) is 23.2 Å². The molecule has 0 unspecified atom stereocenters. The van der Waals surface area contributed by atoms with Gasteiger partial charge in [-0.1, -0.05) is 12.7 Å². The largest absolute Gasteiger partial charge is 0.489 e. The molecule has 30 heavy (non-hydrogen) atoms. The van der Waals surface area contributed by atoms with Crippen LogP contribution in [0.25, 0.3) is 11.0 Å². The predicted molar refractivity (Wildman–Crippen MR) is 114 cm³/mol. The van der Waals surface area contributed by atoms with Crippen LogP contribution in [-0.2, 0) is 9.47 Å². The molecule has 2 saturated heterocycles. The summed E-state index contributed by atoms with van der Waals surface area (Å²) in [5, 5.41) is 4.02. The lowest BCUT2D eigenvalue weighted by molar-refractivity contribution is -0.0283. The molecule has 7 heteroatoms. The molecule has 0 saturated carbocycles. The van der Waals surface area contributed by atoms with Gasteiger partial charge in [0, 0.05) is 50.4 Å². The maximum absolute atomic E-state index is 13.0. The maximum Gasteiger partial charge on any atom is 0.251 e. The van der Waals surface area contributed by atoms with E-state index in [1.54, 1.807) is 24.5 Å². The Morgan fingerprint density at radius 1 is 1.20 bits per heavy atom. The Labute approximate surface area is 176 Å². The lowest BCUT2D eigenvalue weighted by Crippen LogP contribution is -2.50. The highest BCUT2D eigenvalue weighted by Gasteiger charge is 2.35. The third-order valence-electron chi connectivity index (χ3n) is 5.99. The fourth-order valence-corrected chi connectivity index (χ4v) is 4.24. The van der Waals surface area contributed by atoms with E-state index in [4.69, 9.17) is 18.6 Å². The Bertz CT molecular complexity index is 866. The smallest absolute Gasteiger partial charge is 0.251 e. The first-order valence-electron chi connectivity index (χ1n) is 10.6. The van der Waals surface area contributed by atoms with E-state index < -0.39 is 0 Å². The van der Waals surface area contributed by atoms with E-state index in [1.807, 2.05) is 6.07 Å². The Balaban J connectivity index is 1.47. The highest BCUT2D eigenvalue weighted by Crippen LogP contribution is 2.32. The molecule has 0 spiro atoms. The Morgan fingerprint density at radius 2 is 1.97 bits per heavy atom. The molecule has 2 aliphatic heterocycles. The molecular weight excluding hydrogens is 384 g/mol. The zero-order valence-corrected chi connectivity index (χ0v) is 17.4. The molecule has 2 aliphatic rings. The summed E-state index contributed by atoms with van der Waals surface area (Å²) in [6, 6.07) is 5.38. The summed E-state index contributed by atoms with van der Waals surface area (Å²) in [5.74, 6) is 0.505. The van der Waals surface area contributed by atoms with Crippen molar-refractivity contribution in [2.24, 2.45) is 5.41 Å². The average Bonchev–Trinajstić information content (AvgIpc) is 3.26. The molecule has 7 nitrogen and oxygen atoms in total. The van der Waals surface area contributed by atoms with Crippen LogP contribution in [-0.4, -0.2) is 70.0 Å². The molecule has 2 aromatic rings. The van der Waals surface area contributed by atoms with Crippen molar-refractivity contribution in [1.82, 2.24) is 10.2 Å². The van der Waals surface area contributed by atoms with Crippen LogP contribution in [0.15, 0.2) is 41.5 Å². The normalized spacial score (nSPS) is 19.5. The molecule has 1 amide bonds. The van der Waals surface area contributed by atoms with Gasteiger partial charge in [-0.05, 0) is 31.0 Å². The standard InChI is InChI=1S/C23H30N2O5/c1-2-8-29-20-14-18(15-21-19(20)3-9-30-21)22(26)24-16-23(4-10-27-11-5-23)17-25-6-12-28-13-7-25/h2-3,9,14-15H,1,4-8,10-13,16-17H2,(H,24,26). The van der Waals surface area contributed by atoms with Gasteiger partial charge in [0.05, 0.1) is 24.9 Å². The number of furan rings is 1. The van der Waals surface area contributed by atoms with Gasteiger partial charge in [-0.25, -0.2) is 0 Å². The molecule has 3 heterocycles. The van der Waals surface area contributed by atoms with Gasteiger partial charge in [0.2, 0.25) is 0 Å². The molecule has 1 aromatic heterocycles. The number of fused-ring (bicyclic) bond motifs is 1. The fourth-order valence-electron chi connectivity index (χ4n) is 4.24. The molecule has 4 rings (SSSR count). The van der Waals surface area contributed by atoms with Gasteiger partial charge in [0.1, 0.15) is 17.9 Å². The van der Waals surface area contributed by atoms with Crippen molar-refractivity contribution in [3.63, 3.8) is 0 Å². The lowest BCUT2D eigenvalue weighted by atomic mass is 9.79. The van der Waals surface area contributed by atoms with Crippen LogP contribution in [0.2, 0.25) is 0 Å². The number of rotatable bonds is 8. The van der Waals surface area contributed by atoms with Gasteiger partial charge >= 0.3 is 0 Å². The number of benzene rings is 1. The van der Waals surface area contributed by atoms with Crippen molar-refractivity contribution < 1.29 is 23.4 Å². The average molecular weight is 415 g/mol. The monoisotopic (exact) mass is 414 g/mol. The number of nitrogens with zero attached hydrogens (tertiary/aromatic N) is 1. The summed E-state index contributed by atoms with van der Waals surface area (Å²) in [4.78, 5) is 15.5. The van der Waals surface area contributed by atoms with E-state index >= 15 is 0 Å². The minimum absolute atomic E-state index is 0.0161. The molecule has 0 bridgehead atoms.